The van der Waals surface area contributed by atoms with Crippen molar-refractivity contribution in [2.45, 2.75) is 70.9 Å². The van der Waals surface area contributed by atoms with Crippen LogP contribution in [0.25, 0.3) is 0 Å². The van der Waals surface area contributed by atoms with Gasteiger partial charge in [0.2, 0.25) is 0 Å². The summed E-state index contributed by atoms with van der Waals surface area (Å²) in [7, 11) is 0. The van der Waals surface area contributed by atoms with Gasteiger partial charge in [0, 0.05) is 36.9 Å². The lowest BCUT2D eigenvalue weighted by Gasteiger charge is -2.36. The number of rotatable bonds is 4. The Bertz CT molecular complexity index is 460. The molecule has 21 heavy (non-hydrogen) atoms. The zero-order valence-electron chi connectivity index (χ0n) is 13.4. The van der Waals surface area contributed by atoms with Crippen LogP contribution in [-0.2, 0) is 6.42 Å². The van der Waals surface area contributed by atoms with E-state index in [0.717, 1.165) is 29.8 Å². The van der Waals surface area contributed by atoms with Gasteiger partial charge in [0.05, 0.1) is 0 Å². The summed E-state index contributed by atoms with van der Waals surface area (Å²) in [5.74, 6) is 1.89. The summed E-state index contributed by atoms with van der Waals surface area (Å²) in [6.45, 7) is 6.61. The molecule has 1 aromatic rings. The number of nitrogens with zero attached hydrogens (tertiary/aromatic N) is 3. The van der Waals surface area contributed by atoms with Gasteiger partial charge in [-0.3, -0.25) is 0 Å². The first kappa shape index (κ1) is 14.8. The molecule has 0 amide bonds. The van der Waals surface area contributed by atoms with E-state index in [2.05, 4.69) is 33.2 Å². The molecule has 1 aliphatic carbocycles. The average Bonchev–Trinajstić information content (AvgIpc) is 3.01. The van der Waals surface area contributed by atoms with E-state index < -0.39 is 0 Å². The molecule has 4 heteroatoms. The third-order valence-electron chi connectivity index (χ3n) is 4.98. The molecule has 0 aromatic carbocycles. The number of likely N-dealkylation sites (tertiary alicyclic amines) is 1. The molecule has 0 atom stereocenters. The highest BCUT2D eigenvalue weighted by molar-refractivity contribution is 5.37. The maximum absolute atomic E-state index is 4.54. The summed E-state index contributed by atoms with van der Waals surface area (Å²) in [4.78, 5) is 11.7. The fraction of sp³-hybridized carbons (Fsp3) is 0.765. The van der Waals surface area contributed by atoms with Crippen LogP contribution < -0.4 is 5.32 Å². The first-order chi connectivity index (χ1) is 10.2. The van der Waals surface area contributed by atoms with Crippen LogP contribution in [0.4, 0.5) is 5.82 Å². The molecular weight excluding hydrogens is 260 g/mol. The van der Waals surface area contributed by atoms with Crippen molar-refractivity contribution >= 4 is 5.82 Å². The van der Waals surface area contributed by atoms with Gasteiger partial charge in [0.25, 0.3) is 0 Å². The minimum Gasteiger partial charge on any atom is -0.367 e. The van der Waals surface area contributed by atoms with Crippen molar-refractivity contribution in [3.8, 4) is 0 Å². The van der Waals surface area contributed by atoms with Gasteiger partial charge in [-0.05, 0) is 39.0 Å². The van der Waals surface area contributed by atoms with Crippen LogP contribution in [0.2, 0.25) is 0 Å². The fourth-order valence-electron chi connectivity index (χ4n) is 3.77. The molecular formula is C17H28N4. The molecule has 116 valence electrons. The van der Waals surface area contributed by atoms with Gasteiger partial charge in [-0.2, -0.15) is 0 Å². The quantitative estimate of drug-likeness (QED) is 0.924. The largest absolute Gasteiger partial charge is 0.367 e. The van der Waals surface area contributed by atoms with Gasteiger partial charge in [0.15, 0.2) is 0 Å². The molecule has 0 radical (unpaired) electrons. The van der Waals surface area contributed by atoms with E-state index >= 15 is 0 Å². The van der Waals surface area contributed by atoms with Crippen molar-refractivity contribution < 1.29 is 0 Å². The number of hydrogen-bond acceptors (Lipinski definition) is 4. The maximum atomic E-state index is 4.54. The minimum atomic E-state index is 0.571. The van der Waals surface area contributed by atoms with Gasteiger partial charge in [-0.15, -0.1) is 0 Å². The average molecular weight is 288 g/mol. The Labute approximate surface area is 128 Å². The second-order valence-corrected chi connectivity index (χ2v) is 6.54. The number of aromatic nitrogens is 2. The van der Waals surface area contributed by atoms with E-state index in [1.807, 2.05) is 6.92 Å². The van der Waals surface area contributed by atoms with Crippen molar-refractivity contribution in [2.24, 2.45) is 0 Å². The summed E-state index contributed by atoms with van der Waals surface area (Å²) in [5, 5.41) is 3.63. The van der Waals surface area contributed by atoms with Gasteiger partial charge in [0.1, 0.15) is 11.6 Å². The molecule has 0 unspecified atom stereocenters. The number of aryl methyl sites for hydroxylation is 2. The summed E-state index contributed by atoms with van der Waals surface area (Å²) >= 11 is 0. The van der Waals surface area contributed by atoms with Crippen LogP contribution in [0.1, 0.15) is 57.0 Å². The molecule has 2 fully saturated rings. The molecule has 2 heterocycles. The normalized spacial score (nSPS) is 21.8. The first-order valence-corrected chi connectivity index (χ1v) is 8.59. The van der Waals surface area contributed by atoms with Gasteiger partial charge < -0.3 is 10.2 Å². The van der Waals surface area contributed by atoms with Crippen LogP contribution in [0.5, 0.6) is 0 Å². The molecule has 0 bridgehead atoms. The maximum Gasteiger partial charge on any atom is 0.130 e. The number of piperidine rings is 1. The van der Waals surface area contributed by atoms with Crippen LogP contribution >= 0.6 is 0 Å². The van der Waals surface area contributed by atoms with Gasteiger partial charge in [-0.25, -0.2) is 9.97 Å². The standard InChI is InChI=1S/C17H28N4/c1-3-14-12-17(19-13(2)18-14)20-15-8-10-21(11-9-15)16-6-4-5-7-16/h12,15-16H,3-11H2,1-2H3,(H,18,19,20). The monoisotopic (exact) mass is 288 g/mol. The van der Waals surface area contributed by atoms with Crippen molar-refractivity contribution in [2.75, 3.05) is 18.4 Å². The zero-order chi connectivity index (χ0) is 14.7. The Kier molecular flexibility index (Phi) is 4.73. The molecule has 1 N–H and O–H groups in total. The Hall–Kier alpha value is -1.16. The van der Waals surface area contributed by atoms with E-state index in [4.69, 9.17) is 0 Å². The number of hydrogen-bond donors (Lipinski definition) is 1. The minimum absolute atomic E-state index is 0.571. The van der Waals surface area contributed by atoms with E-state index in [1.54, 1.807) is 0 Å². The van der Waals surface area contributed by atoms with E-state index in [1.165, 1.54) is 51.6 Å². The first-order valence-electron chi connectivity index (χ1n) is 8.59. The third kappa shape index (κ3) is 3.73. The van der Waals surface area contributed by atoms with Crippen molar-refractivity contribution in [1.29, 1.82) is 0 Å². The lowest BCUT2D eigenvalue weighted by Crippen LogP contribution is -2.43. The van der Waals surface area contributed by atoms with Crippen molar-refractivity contribution in [1.82, 2.24) is 14.9 Å². The molecule has 3 rings (SSSR count). The SMILES string of the molecule is CCc1cc(NC2CCN(C3CCCC3)CC2)nc(C)n1. The lowest BCUT2D eigenvalue weighted by atomic mass is 10.0. The molecule has 1 saturated heterocycles. The predicted molar refractivity (Wildman–Crippen MR) is 86.6 cm³/mol. The van der Waals surface area contributed by atoms with Crippen LogP contribution in [0.15, 0.2) is 6.07 Å². The second-order valence-electron chi connectivity index (χ2n) is 6.54. The Morgan fingerprint density at radius 2 is 1.86 bits per heavy atom. The molecule has 4 nitrogen and oxygen atoms in total. The fourth-order valence-corrected chi connectivity index (χ4v) is 3.77. The Morgan fingerprint density at radius 1 is 1.14 bits per heavy atom. The highest BCUT2D eigenvalue weighted by Gasteiger charge is 2.27. The van der Waals surface area contributed by atoms with Crippen LogP contribution in [0.3, 0.4) is 0 Å². The topological polar surface area (TPSA) is 41.0 Å². The smallest absolute Gasteiger partial charge is 0.130 e. The van der Waals surface area contributed by atoms with E-state index in [-0.39, 0.29) is 0 Å². The highest BCUT2D eigenvalue weighted by atomic mass is 15.2. The third-order valence-corrected chi connectivity index (χ3v) is 4.98. The summed E-state index contributed by atoms with van der Waals surface area (Å²) in [6.07, 6.45) is 9.15. The number of anilines is 1. The highest BCUT2D eigenvalue weighted by Crippen LogP contribution is 2.26. The van der Waals surface area contributed by atoms with Gasteiger partial charge in [-0.1, -0.05) is 19.8 Å². The van der Waals surface area contributed by atoms with Crippen molar-refractivity contribution in [3.63, 3.8) is 0 Å². The van der Waals surface area contributed by atoms with E-state index in [0.29, 0.717) is 6.04 Å². The predicted octanol–water partition coefficient (Wildman–Crippen LogP) is 3.17. The summed E-state index contributed by atoms with van der Waals surface area (Å²) in [6, 6.07) is 3.55. The molecule has 1 saturated carbocycles. The molecule has 1 aliphatic heterocycles. The van der Waals surface area contributed by atoms with Crippen molar-refractivity contribution in [3.05, 3.63) is 17.6 Å². The van der Waals surface area contributed by atoms with E-state index in [9.17, 15) is 0 Å². The van der Waals surface area contributed by atoms with Gasteiger partial charge >= 0.3 is 0 Å². The molecule has 1 aromatic heterocycles. The summed E-state index contributed by atoms with van der Waals surface area (Å²) < 4.78 is 0. The Morgan fingerprint density at radius 3 is 2.52 bits per heavy atom. The van der Waals surface area contributed by atoms with Crippen LogP contribution in [-0.4, -0.2) is 40.0 Å². The van der Waals surface area contributed by atoms with Crippen LogP contribution in [0, 0.1) is 6.92 Å². The zero-order valence-corrected chi connectivity index (χ0v) is 13.4. The Balaban J connectivity index is 1.54. The summed E-state index contributed by atoms with van der Waals surface area (Å²) in [5.41, 5.74) is 1.13. The number of nitrogens with one attached hydrogen (secondary N) is 1. The molecule has 2 aliphatic rings. The lowest BCUT2D eigenvalue weighted by molar-refractivity contribution is 0.159. The second kappa shape index (κ2) is 6.73. The molecule has 0 spiro atoms.